The molecule has 4 N–H and O–H groups in total. The van der Waals surface area contributed by atoms with Gasteiger partial charge in [-0.05, 0) is 118 Å². The van der Waals surface area contributed by atoms with Crippen molar-refractivity contribution in [3.8, 4) is 11.1 Å². The van der Waals surface area contributed by atoms with E-state index in [9.17, 15) is 19.2 Å². The molecule has 0 radical (unpaired) electrons. The van der Waals surface area contributed by atoms with Crippen molar-refractivity contribution >= 4 is 23.6 Å². The van der Waals surface area contributed by atoms with E-state index in [4.69, 9.17) is 28.9 Å². The van der Waals surface area contributed by atoms with Gasteiger partial charge >= 0.3 is 0 Å². The molecule has 6 heterocycles. The lowest BCUT2D eigenvalue weighted by atomic mass is 9.95. The molecular formula is C50H80N10O8. The summed E-state index contributed by atoms with van der Waals surface area (Å²) in [6, 6.07) is 8.39. The van der Waals surface area contributed by atoms with Gasteiger partial charge in [-0.15, -0.1) is 0 Å². The first kappa shape index (κ1) is 53.2. The molecular weight excluding hydrogens is 869 g/mol. The van der Waals surface area contributed by atoms with E-state index in [1.54, 1.807) is 56.1 Å². The first-order valence-corrected chi connectivity index (χ1v) is 23.8. The van der Waals surface area contributed by atoms with Crippen LogP contribution in [0.25, 0.3) is 11.1 Å². The van der Waals surface area contributed by atoms with Gasteiger partial charge in [0.1, 0.15) is 0 Å². The number of methoxy groups -OCH3 is 4. The minimum absolute atomic E-state index is 0.203. The largest absolute Gasteiger partial charge is 0.367 e. The summed E-state index contributed by atoms with van der Waals surface area (Å²) in [5, 5.41) is 13.1. The Morgan fingerprint density at radius 2 is 0.559 bits per heavy atom. The summed E-state index contributed by atoms with van der Waals surface area (Å²) in [5.74, 6) is -0.954. The minimum Gasteiger partial charge on any atom is -0.367 e. The summed E-state index contributed by atoms with van der Waals surface area (Å²) in [7, 11) is 6.22. The van der Waals surface area contributed by atoms with Crippen molar-refractivity contribution in [2.45, 2.75) is 154 Å². The van der Waals surface area contributed by atoms with Crippen molar-refractivity contribution in [3.05, 3.63) is 47.0 Å². The van der Waals surface area contributed by atoms with Gasteiger partial charge in [-0.1, -0.05) is 0 Å². The Labute approximate surface area is 404 Å². The van der Waals surface area contributed by atoms with Crippen molar-refractivity contribution < 1.29 is 38.1 Å². The standard InChI is InChI=1S/C50H80N10O8/c1-43(2)25-57-21-35-17-33(18-36(51-35)22-58(30-47(9,65-13)39(61)53-43)26-44(3,4)54-40(62)48(10,29-57)66-14)34-19-37-23-59-27-45(5,6)55-41(63)49(11,67-15)32-60(24-38(20-34)52-37)28-46(7,8)56-42(64)50(12,31-59)68-16/h17-20H,21-32H2,1-16H3,(H,53,61)(H,54,62)(H,55,63)(H,56,64)/t47-,48+,49-,50+. The summed E-state index contributed by atoms with van der Waals surface area (Å²) in [5.41, 5.74) is -3.14. The molecule has 0 saturated carbocycles. The van der Waals surface area contributed by atoms with Crippen LogP contribution in [0.5, 0.6) is 0 Å². The molecule has 8 bridgehead atoms. The quantitative estimate of drug-likeness (QED) is 0.342. The molecule has 0 saturated heterocycles. The van der Waals surface area contributed by atoms with Crippen LogP contribution < -0.4 is 21.3 Å². The second kappa shape index (κ2) is 19.2. The maximum absolute atomic E-state index is 14.3. The van der Waals surface area contributed by atoms with E-state index < -0.39 is 44.6 Å². The fourth-order valence-corrected chi connectivity index (χ4v) is 10.3. The highest BCUT2D eigenvalue weighted by atomic mass is 16.5. The maximum atomic E-state index is 14.3. The Balaban J connectivity index is 1.59. The molecule has 68 heavy (non-hydrogen) atoms. The highest BCUT2D eigenvalue weighted by Gasteiger charge is 2.46. The van der Waals surface area contributed by atoms with Crippen molar-refractivity contribution in [2.24, 2.45) is 0 Å². The monoisotopic (exact) mass is 949 g/mol. The molecule has 4 unspecified atom stereocenters. The zero-order chi connectivity index (χ0) is 50.5. The number of amides is 4. The average molecular weight is 949 g/mol. The van der Waals surface area contributed by atoms with Crippen LogP contribution >= 0.6 is 0 Å². The summed E-state index contributed by atoms with van der Waals surface area (Å²) in [6.45, 7) is 26.6. The number of pyridine rings is 2. The van der Waals surface area contributed by atoms with Gasteiger partial charge in [0.2, 0.25) is 0 Å². The van der Waals surface area contributed by atoms with E-state index in [2.05, 4.69) is 65.1 Å². The van der Waals surface area contributed by atoms with Crippen LogP contribution in [0.2, 0.25) is 0 Å². The molecule has 8 atom stereocenters. The molecule has 4 amide bonds. The van der Waals surface area contributed by atoms with E-state index in [0.717, 1.165) is 33.9 Å². The number of nitrogens with one attached hydrogen (secondary N) is 4. The van der Waals surface area contributed by atoms with Gasteiger partial charge in [0.15, 0.2) is 22.4 Å². The normalized spacial score (nSPS) is 34.4. The van der Waals surface area contributed by atoms with E-state index in [1.165, 1.54) is 0 Å². The van der Waals surface area contributed by atoms with Crippen LogP contribution in [0.15, 0.2) is 24.3 Å². The molecule has 18 nitrogen and oxygen atoms in total. The highest BCUT2D eigenvalue weighted by Crippen LogP contribution is 2.31. The SMILES string of the molecule is CO[C@]1(C)CN2Cc3cc(-c4cc5nc(c4)CN4CC(C)(C)NC(=O)[C@](C)(OC)CN(C5)CC(C)(C)NC(=O)[C@@](C)(OC)C4)cc(n3)CN(CC(C)(C)NC1=O)C[C@](C)(OC)C(=O)NC(C)(C)C2. The van der Waals surface area contributed by atoms with E-state index in [1.807, 2.05) is 55.4 Å². The number of nitrogens with zero attached hydrogens (tertiary/aromatic N) is 6. The summed E-state index contributed by atoms with van der Waals surface area (Å²) in [4.78, 5) is 76.2. The van der Waals surface area contributed by atoms with Crippen molar-refractivity contribution in [1.82, 2.24) is 50.8 Å². The molecule has 0 fully saturated rings. The molecule has 18 heteroatoms. The lowest BCUT2D eigenvalue weighted by Crippen LogP contribution is -2.65. The average Bonchev–Trinajstić information content (AvgIpc) is 3.21. The molecule has 0 spiro atoms. The summed E-state index contributed by atoms with van der Waals surface area (Å²) >= 11 is 0. The number of rotatable bonds is 5. The maximum Gasteiger partial charge on any atom is 0.253 e. The number of hydrogen-bond acceptors (Lipinski definition) is 14. The number of aromatic nitrogens is 2. The Morgan fingerprint density at radius 1 is 0.368 bits per heavy atom. The topological polar surface area (TPSA) is 192 Å². The smallest absolute Gasteiger partial charge is 0.253 e. The molecule has 2 aromatic heterocycles. The first-order valence-electron chi connectivity index (χ1n) is 23.8. The zero-order valence-electron chi connectivity index (χ0n) is 43.7. The second-order valence-corrected chi connectivity index (χ2v) is 23.3. The van der Waals surface area contributed by atoms with Gasteiger partial charge < -0.3 is 40.2 Å². The zero-order valence-corrected chi connectivity index (χ0v) is 43.7. The van der Waals surface area contributed by atoms with Crippen molar-refractivity contribution in [3.63, 3.8) is 0 Å². The number of carbonyl (C=O) groups excluding carboxylic acids is 4. The van der Waals surface area contributed by atoms with Crippen molar-refractivity contribution in [1.29, 1.82) is 0 Å². The van der Waals surface area contributed by atoms with Gasteiger partial charge in [0.25, 0.3) is 23.6 Å². The number of carbonyl (C=O) groups is 4. The lowest BCUT2D eigenvalue weighted by Gasteiger charge is -2.43. The molecule has 4 aliphatic heterocycles. The summed E-state index contributed by atoms with van der Waals surface area (Å²) in [6.07, 6.45) is 0. The molecule has 2 aromatic rings. The predicted octanol–water partition coefficient (Wildman–Crippen LogP) is 2.61. The van der Waals surface area contributed by atoms with Gasteiger partial charge in [-0.3, -0.25) is 48.7 Å². The number of hydrogen-bond donors (Lipinski definition) is 4. The predicted molar refractivity (Wildman–Crippen MR) is 259 cm³/mol. The minimum atomic E-state index is -1.25. The van der Waals surface area contributed by atoms with Crippen LogP contribution in [0.3, 0.4) is 0 Å². The Bertz CT molecular complexity index is 1940. The van der Waals surface area contributed by atoms with Gasteiger partial charge in [0, 0.05) is 129 Å². The molecule has 378 valence electrons. The van der Waals surface area contributed by atoms with E-state index >= 15 is 0 Å². The second-order valence-electron chi connectivity index (χ2n) is 23.3. The fraction of sp³-hybridized carbons (Fsp3) is 0.720. The van der Waals surface area contributed by atoms with Crippen molar-refractivity contribution in [2.75, 3.05) is 80.8 Å². The fourth-order valence-electron chi connectivity index (χ4n) is 10.3. The number of fused-ring (bicyclic) bond motifs is 4. The van der Waals surface area contributed by atoms with Crippen LogP contribution in [-0.4, -0.2) is 179 Å². The van der Waals surface area contributed by atoms with Gasteiger partial charge in [-0.25, -0.2) is 0 Å². The first-order chi connectivity index (χ1) is 31.3. The molecule has 0 aromatic carbocycles. The third kappa shape index (κ3) is 12.4. The van der Waals surface area contributed by atoms with Crippen LogP contribution in [-0.2, 0) is 64.3 Å². The Morgan fingerprint density at radius 3 is 0.735 bits per heavy atom. The van der Waals surface area contributed by atoms with Crippen LogP contribution in [0.4, 0.5) is 0 Å². The molecule has 4 aliphatic rings. The Kier molecular flexibility index (Phi) is 15.0. The third-order valence-corrected chi connectivity index (χ3v) is 13.8. The van der Waals surface area contributed by atoms with E-state index in [-0.39, 0.29) is 49.8 Å². The summed E-state index contributed by atoms with van der Waals surface area (Å²) < 4.78 is 24.2. The van der Waals surface area contributed by atoms with Gasteiger partial charge in [-0.2, -0.15) is 0 Å². The molecule has 0 aliphatic carbocycles. The number of ether oxygens (including phenoxy) is 4. The molecule has 6 rings (SSSR count). The van der Waals surface area contributed by atoms with Crippen LogP contribution in [0.1, 0.15) is 106 Å². The third-order valence-electron chi connectivity index (χ3n) is 13.8. The van der Waals surface area contributed by atoms with E-state index in [0.29, 0.717) is 52.4 Å². The lowest BCUT2D eigenvalue weighted by molar-refractivity contribution is -0.150. The Hall–Kier alpha value is -4.14. The van der Waals surface area contributed by atoms with Gasteiger partial charge in [0.05, 0.1) is 22.8 Å². The highest BCUT2D eigenvalue weighted by molar-refractivity contribution is 5.87. The van der Waals surface area contributed by atoms with Crippen LogP contribution in [0, 0.1) is 0 Å².